The second kappa shape index (κ2) is 6.75. The summed E-state index contributed by atoms with van der Waals surface area (Å²) in [5.74, 6) is 1.70. The van der Waals surface area contributed by atoms with Crippen molar-refractivity contribution in [3.05, 3.63) is 44.1 Å². The SMILES string of the molecule is Cn1c(N2CC[C@H](NCc3nc4c([nH]3)CCCC4)C2)cc(=O)n(C)c1=O. The third-order valence-electron chi connectivity index (χ3n) is 5.57. The van der Waals surface area contributed by atoms with Gasteiger partial charge in [-0.3, -0.25) is 13.9 Å². The first-order chi connectivity index (χ1) is 12.5. The van der Waals surface area contributed by atoms with Gasteiger partial charge in [-0.2, -0.15) is 0 Å². The zero-order valence-electron chi connectivity index (χ0n) is 15.4. The van der Waals surface area contributed by atoms with E-state index in [2.05, 4.69) is 15.2 Å². The molecule has 3 heterocycles. The van der Waals surface area contributed by atoms with Crippen LogP contribution in [-0.4, -0.2) is 38.2 Å². The summed E-state index contributed by atoms with van der Waals surface area (Å²) in [5, 5.41) is 3.56. The number of aromatic nitrogens is 4. The molecule has 0 unspecified atom stereocenters. The molecular formula is C18H26N6O2. The highest BCUT2D eigenvalue weighted by atomic mass is 16.2. The van der Waals surface area contributed by atoms with Gasteiger partial charge in [0.25, 0.3) is 5.56 Å². The normalized spacial score (nSPS) is 19.8. The molecule has 2 aliphatic rings. The van der Waals surface area contributed by atoms with Crippen molar-refractivity contribution in [1.82, 2.24) is 24.4 Å². The highest BCUT2D eigenvalue weighted by Gasteiger charge is 2.25. The molecule has 2 aromatic heterocycles. The summed E-state index contributed by atoms with van der Waals surface area (Å²) in [7, 11) is 3.22. The van der Waals surface area contributed by atoms with Crippen molar-refractivity contribution in [3.63, 3.8) is 0 Å². The van der Waals surface area contributed by atoms with E-state index in [1.54, 1.807) is 17.7 Å². The van der Waals surface area contributed by atoms with E-state index in [9.17, 15) is 9.59 Å². The third kappa shape index (κ3) is 3.09. The van der Waals surface area contributed by atoms with Crippen molar-refractivity contribution in [2.24, 2.45) is 14.1 Å². The molecule has 8 nitrogen and oxygen atoms in total. The van der Waals surface area contributed by atoms with E-state index in [4.69, 9.17) is 4.98 Å². The maximum Gasteiger partial charge on any atom is 0.332 e. The van der Waals surface area contributed by atoms with Gasteiger partial charge >= 0.3 is 5.69 Å². The fourth-order valence-corrected chi connectivity index (χ4v) is 4.00. The predicted molar refractivity (Wildman–Crippen MR) is 99.6 cm³/mol. The zero-order chi connectivity index (χ0) is 18.3. The number of nitrogens with zero attached hydrogens (tertiary/aromatic N) is 4. The van der Waals surface area contributed by atoms with Crippen LogP contribution in [0.25, 0.3) is 0 Å². The van der Waals surface area contributed by atoms with Gasteiger partial charge in [0.1, 0.15) is 11.6 Å². The molecule has 0 bridgehead atoms. The number of rotatable bonds is 4. The Morgan fingerprint density at radius 3 is 2.85 bits per heavy atom. The molecule has 1 atom stereocenters. The number of hydrogen-bond acceptors (Lipinski definition) is 5. The highest BCUT2D eigenvalue weighted by molar-refractivity contribution is 5.40. The monoisotopic (exact) mass is 358 g/mol. The summed E-state index contributed by atoms with van der Waals surface area (Å²) in [6, 6.07) is 1.86. The summed E-state index contributed by atoms with van der Waals surface area (Å²) >= 11 is 0. The number of anilines is 1. The average molecular weight is 358 g/mol. The van der Waals surface area contributed by atoms with Gasteiger partial charge in [-0.25, -0.2) is 9.78 Å². The number of aryl methyl sites for hydroxylation is 2. The maximum atomic E-state index is 12.1. The lowest BCUT2D eigenvalue weighted by atomic mass is 10.0. The second-order valence-corrected chi connectivity index (χ2v) is 7.37. The van der Waals surface area contributed by atoms with Gasteiger partial charge in [-0.15, -0.1) is 0 Å². The molecule has 1 aliphatic carbocycles. The first-order valence-corrected chi connectivity index (χ1v) is 9.35. The minimum absolute atomic E-state index is 0.263. The van der Waals surface area contributed by atoms with Gasteiger partial charge in [0.15, 0.2) is 0 Å². The summed E-state index contributed by atoms with van der Waals surface area (Å²) < 4.78 is 2.68. The topological polar surface area (TPSA) is 87.9 Å². The van der Waals surface area contributed by atoms with Crippen molar-refractivity contribution < 1.29 is 0 Å². The van der Waals surface area contributed by atoms with Gasteiger partial charge in [0.2, 0.25) is 0 Å². The largest absolute Gasteiger partial charge is 0.356 e. The van der Waals surface area contributed by atoms with Gasteiger partial charge in [0.05, 0.1) is 12.2 Å². The Morgan fingerprint density at radius 2 is 2.04 bits per heavy atom. The Balaban J connectivity index is 1.41. The van der Waals surface area contributed by atoms with Crippen molar-refractivity contribution in [2.45, 2.75) is 44.7 Å². The molecule has 0 aromatic carbocycles. The van der Waals surface area contributed by atoms with Gasteiger partial charge in [0, 0.05) is 45.0 Å². The number of fused-ring (bicyclic) bond motifs is 1. The summed E-state index contributed by atoms with van der Waals surface area (Å²) in [4.78, 5) is 34.4. The minimum atomic E-state index is -0.287. The molecule has 0 spiro atoms. The quantitative estimate of drug-likeness (QED) is 0.807. The van der Waals surface area contributed by atoms with Crippen molar-refractivity contribution in [1.29, 1.82) is 0 Å². The molecule has 140 valence electrons. The summed E-state index contributed by atoms with van der Waals surface area (Å²) in [6.07, 6.45) is 5.65. The average Bonchev–Trinajstić information content (AvgIpc) is 3.27. The van der Waals surface area contributed by atoms with Crippen molar-refractivity contribution >= 4 is 5.82 Å². The molecule has 1 saturated heterocycles. The van der Waals surface area contributed by atoms with Gasteiger partial charge in [-0.1, -0.05) is 0 Å². The van der Waals surface area contributed by atoms with E-state index in [1.807, 2.05) is 0 Å². The van der Waals surface area contributed by atoms with E-state index in [0.29, 0.717) is 11.9 Å². The van der Waals surface area contributed by atoms with Crippen LogP contribution in [0.5, 0.6) is 0 Å². The van der Waals surface area contributed by atoms with Crippen LogP contribution in [0, 0.1) is 0 Å². The van der Waals surface area contributed by atoms with E-state index in [0.717, 1.165) is 49.3 Å². The summed E-state index contributed by atoms with van der Waals surface area (Å²) in [6.45, 7) is 2.33. The van der Waals surface area contributed by atoms with E-state index in [1.165, 1.54) is 31.3 Å². The molecular weight excluding hydrogens is 332 g/mol. The van der Waals surface area contributed by atoms with Crippen LogP contribution >= 0.6 is 0 Å². The van der Waals surface area contributed by atoms with E-state index < -0.39 is 0 Å². The predicted octanol–water partition coefficient (Wildman–Crippen LogP) is 0.0544. The smallest absolute Gasteiger partial charge is 0.332 e. The fraction of sp³-hybridized carbons (Fsp3) is 0.611. The molecule has 26 heavy (non-hydrogen) atoms. The molecule has 4 rings (SSSR count). The third-order valence-corrected chi connectivity index (χ3v) is 5.57. The lowest BCUT2D eigenvalue weighted by molar-refractivity contribution is 0.539. The molecule has 0 amide bonds. The molecule has 1 aliphatic heterocycles. The Kier molecular flexibility index (Phi) is 4.44. The standard InChI is InChI=1S/C18H26N6O2/c1-22-16(9-17(25)23(2)18(22)26)24-8-7-12(11-24)19-10-15-20-13-5-3-4-6-14(13)21-15/h9,12,19H,3-8,10-11H2,1-2H3,(H,20,21)/t12-/m0/s1. The first-order valence-electron chi connectivity index (χ1n) is 9.35. The number of nitrogens with one attached hydrogen (secondary N) is 2. The molecule has 1 fully saturated rings. The lowest BCUT2D eigenvalue weighted by Crippen LogP contribution is -2.40. The van der Waals surface area contributed by atoms with Crippen LogP contribution in [-0.2, 0) is 33.5 Å². The van der Waals surface area contributed by atoms with E-state index in [-0.39, 0.29) is 11.2 Å². The molecule has 0 radical (unpaired) electrons. The van der Waals surface area contributed by atoms with E-state index >= 15 is 0 Å². The number of H-pyrrole nitrogens is 1. The Labute approximate surface area is 151 Å². The fourth-order valence-electron chi connectivity index (χ4n) is 4.00. The van der Waals surface area contributed by atoms with Crippen LogP contribution in [0.1, 0.15) is 36.5 Å². The molecule has 0 saturated carbocycles. The van der Waals surface area contributed by atoms with Crippen LogP contribution in [0.2, 0.25) is 0 Å². The number of hydrogen-bond donors (Lipinski definition) is 2. The zero-order valence-corrected chi connectivity index (χ0v) is 15.4. The molecule has 8 heteroatoms. The summed E-state index contributed by atoms with van der Waals surface area (Å²) in [5.41, 5.74) is 1.98. The molecule has 2 N–H and O–H groups in total. The first kappa shape index (κ1) is 17.1. The van der Waals surface area contributed by atoms with Gasteiger partial charge in [-0.05, 0) is 32.1 Å². The second-order valence-electron chi connectivity index (χ2n) is 7.37. The molecule has 2 aromatic rings. The highest BCUT2D eigenvalue weighted by Crippen LogP contribution is 2.20. The Morgan fingerprint density at radius 1 is 1.23 bits per heavy atom. The van der Waals surface area contributed by atoms with Crippen molar-refractivity contribution in [3.8, 4) is 0 Å². The van der Waals surface area contributed by atoms with Crippen LogP contribution in [0.3, 0.4) is 0 Å². The van der Waals surface area contributed by atoms with Gasteiger partial charge < -0.3 is 15.2 Å². The van der Waals surface area contributed by atoms with Crippen LogP contribution in [0.4, 0.5) is 5.82 Å². The number of aromatic amines is 1. The number of imidazole rings is 1. The van der Waals surface area contributed by atoms with Crippen LogP contribution < -0.4 is 21.5 Å². The minimum Gasteiger partial charge on any atom is -0.356 e. The maximum absolute atomic E-state index is 12.1. The van der Waals surface area contributed by atoms with Crippen molar-refractivity contribution in [2.75, 3.05) is 18.0 Å². The van der Waals surface area contributed by atoms with Crippen LogP contribution in [0.15, 0.2) is 15.7 Å². The Hall–Kier alpha value is -2.35. The Bertz CT molecular complexity index is 901. The lowest BCUT2D eigenvalue weighted by Gasteiger charge is -2.21.